The van der Waals surface area contributed by atoms with Gasteiger partial charge in [-0.1, -0.05) is 6.07 Å². The number of benzene rings is 2. The van der Waals surface area contributed by atoms with E-state index in [0.717, 1.165) is 47.1 Å². The second-order valence-electron chi connectivity index (χ2n) is 10.4. The zero-order valence-corrected chi connectivity index (χ0v) is 25.8. The lowest BCUT2D eigenvalue weighted by Crippen LogP contribution is -2.29. The Labute approximate surface area is 253 Å². The highest BCUT2D eigenvalue weighted by Gasteiger charge is 2.42. The number of rotatable bonds is 9. The van der Waals surface area contributed by atoms with Crippen LogP contribution in [-0.4, -0.2) is 40.8 Å². The molecule has 42 heavy (non-hydrogen) atoms. The van der Waals surface area contributed by atoms with E-state index in [-0.39, 0.29) is 18.0 Å². The van der Waals surface area contributed by atoms with E-state index < -0.39 is 0 Å². The van der Waals surface area contributed by atoms with Gasteiger partial charge >= 0.3 is 0 Å². The summed E-state index contributed by atoms with van der Waals surface area (Å²) in [4.78, 5) is 21.1. The van der Waals surface area contributed by atoms with Crippen molar-refractivity contribution >= 4 is 40.3 Å². The van der Waals surface area contributed by atoms with Crippen molar-refractivity contribution in [3.8, 4) is 11.4 Å². The van der Waals surface area contributed by atoms with Crippen molar-refractivity contribution < 1.29 is 9.53 Å². The summed E-state index contributed by atoms with van der Waals surface area (Å²) in [5.41, 5.74) is 8.05. The van der Waals surface area contributed by atoms with Gasteiger partial charge in [0.1, 0.15) is 5.75 Å². The van der Waals surface area contributed by atoms with Gasteiger partial charge in [0.05, 0.1) is 30.6 Å². The minimum atomic E-state index is -0.194. The molecule has 1 saturated heterocycles. The van der Waals surface area contributed by atoms with Gasteiger partial charge in [-0.15, -0.1) is 0 Å². The first kappa shape index (κ1) is 29.1. The van der Waals surface area contributed by atoms with Gasteiger partial charge in [-0.05, 0) is 106 Å². The molecule has 0 radical (unpaired) electrons. The molecule has 8 nitrogen and oxygen atoms in total. The van der Waals surface area contributed by atoms with Crippen molar-refractivity contribution in [1.82, 2.24) is 14.9 Å². The van der Waals surface area contributed by atoms with E-state index in [2.05, 4.69) is 83.0 Å². The second-order valence-corrected chi connectivity index (χ2v) is 10.8. The molecule has 2 aromatic carbocycles. The summed E-state index contributed by atoms with van der Waals surface area (Å²) in [6, 6.07) is 22.3. The van der Waals surface area contributed by atoms with Crippen LogP contribution in [0.5, 0.6) is 5.75 Å². The first-order chi connectivity index (χ1) is 20.3. The number of aromatic nitrogens is 2. The highest BCUT2D eigenvalue weighted by atomic mass is 32.1. The summed E-state index contributed by atoms with van der Waals surface area (Å²) in [6.45, 7) is 12.1. The molecule has 1 aliphatic heterocycles. The van der Waals surface area contributed by atoms with Crippen LogP contribution < -0.4 is 25.2 Å². The number of nitrogens with one attached hydrogen (secondary N) is 2. The van der Waals surface area contributed by atoms with Crippen LogP contribution in [0, 0.1) is 13.8 Å². The van der Waals surface area contributed by atoms with Crippen LogP contribution in [0.2, 0.25) is 0 Å². The predicted molar refractivity (Wildman–Crippen MR) is 174 cm³/mol. The Morgan fingerprint density at radius 1 is 1.05 bits per heavy atom. The first-order valence-electron chi connectivity index (χ1n) is 14.3. The molecule has 5 rings (SSSR count). The summed E-state index contributed by atoms with van der Waals surface area (Å²) in [5.74, 6) is 0.405. The number of carbonyl (C=O) groups excluding carboxylic acids is 1. The van der Waals surface area contributed by atoms with Crippen LogP contribution in [0.3, 0.4) is 0 Å². The molecule has 2 aromatic heterocycles. The van der Waals surface area contributed by atoms with E-state index in [1.165, 1.54) is 12.6 Å². The molecule has 0 saturated carbocycles. The first-order valence-corrected chi connectivity index (χ1v) is 14.7. The molecular formula is C33H38N6O2S. The summed E-state index contributed by atoms with van der Waals surface area (Å²) in [6.07, 6.45) is 1.81. The van der Waals surface area contributed by atoms with E-state index >= 15 is 0 Å². The van der Waals surface area contributed by atoms with Crippen molar-refractivity contribution in [1.29, 1.82) is 0 Å². The molecular weight excluding hydrogens is 544 g/mol. The van der Waals surface area contributed by atoms with Gasteiger partial charge in [-0.2, -0.15) is 0 Å². The van der Waals surface area contributed by atoms with Gasteiger partial charge in [0, 0.05) is 54.7 Å². The molecule has 2 N–H and O–H groups in total. The zero-order valence-electron chi connectivity index (χ0n) is 25.0. The van der Waals surface area contributed by atoms with Crippen molar-refractivity contribution in [2.45, 2.75) is 46.7 Å². The third-order valence-corrected chi connectivity index (χ3v) is 8.21. The smallest absolute Gasteiger partial charge is 0.221 e. The highest BCUT2D eigenvalue weighted by molar-refractivity contribution is 7.80. The fraction of sp³-hybridized carbons (Fsp3) is 0.303. The van der Waals surface area contributed by atoms with Gasteiger partial charge in [0.25, 0.3) is 0 Å². The quantitative estimate of drug-likeness (QED) is 0.219. The van der Waals surface area contributed by atoms with E-state index in [1.807, 2.05) is 42.6 Å². The van der Waals surface area contributed by atoms with Gasteiger partial charge in [-0.3, -0.25) is 9.78 Å². The number of amides is 1. The Kier molecular flexibility index (Phi) is 8.49. The minimum Gasteiger partial charge on any atom is -0.495 e. The number of hydrogen-bond acceptors (Lipinski definition) is 5. The number of carbonyl (C=O) groups is 1. The van der Waals surface area contributed by atoms with Crippen LogP contribution in [0.25, 0.3) is 5.69 Å². The summed E-state index contributed by atoms with van der Waals surface area (Å²) in [5, 5.41) is 7.03. The van der Waals surface area contributed by atoms with E-state index in [4.69, 9.17) is 21.9 Å². The van der Waals surface area contributed by atoms with E-state index in [1.54, 1.807) is 7.11 Å². The third kappa shape index (κ3) is 5.44. The van der Waals surface area contributed by atoms with Crippen LogP contribution >= 0.6 is 12.2 Å². The van der Waals surface area contributed by atoms with Crippen LogP contribution in [0.15, 0.2) is 72.9 Å². The number of hydrogen-bond donors (Lipinski definition) is 2. The topological polar surface area (TPSA) is 74.7 Å². The molecule has 1 amide bonds. The molecule has 4 aromatic rings. The maximum absolute atomic E-state index is 12.0. The number of pyridine rings is 1. The molecule has 218 valence electrons. The van der Waals surface area contributed by atoms with Crippen LogP contribution in [-0.2, 0) is 4.79 Å². The zero-order chi connectivity index (χ0) is 30.0. The SMILES string of the molecule is CCN(CC)c1ccc(-n2c(C)cc([C@H]3[C@@H](c4ccccn4)NC(=S)N3c3ccc(OC)c(NC(C)=O)c3)c2C)cc1. The van der Waals surface area contributed by atoms with Crippen molar-refractivity contribution in [3.63, 3.8) is 0 Å². The lowest BCUT2D eigenvalue weighted by Gasteiger charge is -2.29. The second kappa shape index (κ2) is 12.2. The lowest BCUT2D eigenvalue weighted by atomic mass is 9.96. The minimum absolute atomic E-state index is 0.175. The van der Waals surface area contributed by atoms with Crippen molar-refractivity contribution in [2.24, 2.45) is 0 Å². The number of nitrogens with zero attached hydrogens (tertiary/aromatic N) is 4. The molecule has 1 aliphatic rings. The number of thiocarbonyl (C=S) groups is 1. The fourth-order valence-corrected chi connectivity index (χ4v) is 6.31. The third-order valence-electron chi connectivity index (χ3n) is 7.90. The Balaban J connectivity index is 1.63. The Morgan fingerprint density at radius 2 is 1.76 bits per heavy atom. The molecule has 3 heterocycles. The average molecular weight is 583 g/mol. The van der Waals surface area contributed by atoms with Crippen molar-refractivity contribution in [2.75, 3.05) is 35.3 Å². The molecule has 2 atom stereocenters. The number of aryl methyl sites for hydroxylation is 1. The maximum atomic E-state index is 12.0. The van der Waals surface area contributed by atoms with E-state index in [9.17, 15) is 4.79 Å². The van der Waals surface area contributed by atoms with Gasteiger partial charge in [0.2, 0.25) is 5.91 Å². The molecule has 1 fully saturated rings. The Bertz CT molecular complexity index is 1580. The van der Waals surface area contributed by atoms with Gasteiger partial charge in [0.15, 0.2) is 5.11 Å². The maximum Gasteiger partial charge on any atom is 0.221 e. The van der Waals surface area contributed by atoms with Crippen molar-refractivity contribution in [3.05, 3.63) is 95.6 Å². The summed E-state index contributed by atoms with van der Waals surface area (Å²) in [7, 11) is 1.59. The molecule has 0 aliphatic carbocycles. The summed E-state index contributed by atoms with van der Waals surface area (Å²) >= 11 is 5.96. The van der Waals surface area contributed by atoms with Crippen LogP contribution in [0.4, 0.5) is 17.1 Å². The summed E-state index contributed by atoms with van der Waals surface area (Å²) < 4.78 is 7.82. The van der Waals surface area contributed by atoms with Gasteiger partial charge < -0.3 is 29.7 Å². The monoisotopic (exact) mass is 582 g/mol. The standard InChI is InChI=1S/C33H38N6O2S/c1-7-37(8-2)24-12-14-25(15-13-24)38-21(3)19-27(22(38)4)32-31(28-11-9-10-18-34-28)36-33(42)39(32)26-16-17-30(41-6)29(20-26)35-23(5)40/h9-20,31-32H,7-8H2,1-6H3,(H,35,40)(H,36,42)/t31-,32+/m1/s1. The molecule has 9 heteroatoms. The Morgan fingerprint density at radius 3 is 2.38 bits per heavy atom. The molecule has 0 unspecified atom stereocenters. The highest BCUT2D eigenvalue weighted by Crippen LogP contribution is 2.45. The Hall–Kier alpha value is -4.37. The number of methoxy groups -OCH3 is 1. The van der Waals surface area contributed by atoms with Crippen LogP contribution in [0.1, 0.15) is 55.5 Å². The molecule has 0 spiro atoms. The van der Waals surface area contributed by atoms with E-state index in [0.29, 0.717) is 16.5 Å². The van der Waals surface area contributed by atoms with Gasteiger partial charge in [-0.25, -0.2) is 0 Å². The number of anilines is 3. The molecule has 0 bridgehead atoms. The normalized spacial score (nSPS) is 16.3. The number of ether oxygens (including phenoxy) is 1. The lowest BCUT2D eigenvalue weighted by molar-refractivity contribution is -0.114. The fourth-order valence-electron chi connectivity index (χ4n) is 5.97. The average Bonchev–Trinajstić information content (AvgIpc) is 3.48. The largest absolute Gasteiger partial charge is 0.495 e. The predicted octanol–water partition coefficient (Wildman–Crippen LogP) is 6.48.